The summed E-state index contributed by atoms with van der Waals surface area (Å²) in [5, 5.41) is 2.50. The summed E-state index contributed by atoms with van der Waals surface area (Å²) in [5.41, 5.74) is 18.7. The molecule has 0 aliphatic carbocycles. The Morgan fingerprint density at radius 3 is 1.35 bits per heavy atom. The van der Waals surface area contributed by atoms with E-state index in [-0.39, 0.29) is 0 Å². The van der Waals surface area contributed by atoms with Crippen LogP contribution in [0, 0.1) is 0 Å². The second-order valence-electron chi connectivity index (χ2n) is 15.7. The van der Waals surface area contributed by atoms with E-state index in [9.17, 15) is 0 Å². The zero-order chi connectivity index (χ0) is 41.2. The van der Waals surface area contributed by atoms with E-state index in [1.165, 1.54) is 71.9 Å². The Labute approximate surface area is 362 Å². The topological polar surface area (TPSA) is 8.17 Å². The first-order valence-corrected chi connectivity index (χ1v) is 21.3. The van der Waals surface area contributed by atoms with Crippen LogP contribution in [0.5, 0.6) is 0 Å². The van der Waals surface area contributed by atoms with E-state index in [0.717, 1.165) is 28.3 Å². The van der Waals surface area contributed by atoms with Crippen LogP contribution in [-0.2, 0) is 0 Å². The third kappa shape index (κ3) is 6.84. The lowest BCUT2D eigenvalue weighted by atomic mass is 9.91. The maximum atomic E-state index is 2.39. The summed E-state index contributed by atoms with van der Waals surface area (Å²) < 4.78 is 2.39. The number of aromatic nitrogens is 1. The Balaban J connectivity index is 1.02. The first-order valence-electron chi connectivity index (χ1n) is 21.3. The van der Waals surface area contributed by atoms with E-state index in [1.54, 1.807) is 0 Å². The van der Waals surface area contributed by atoms with E-state index < -0.39 is 0 Å². The molecule has 0 bridgehead atoms. The molecule has 0 spiro atoms. The lowest BCUT2D eigenvalue weighted by Gasteiger charge is -2.27. The zero-order valence-corrected chi connectivity index (χ0v) is 34.1. The van der Waals surface area contributed by atoms with Gasteiger partial charge in [-0.2, -0.15) is 0 Å². The standard InChI is InChI=1S/C60H42N2/c1-4-17-43(18-5-1)45-33-35-46(36-34-45)47-37-39-51(40-38-47)61(52-25-14-21-48(41-52)44-19-6-2-7-20-44)53-26-15-22-49(42-53)54-27-10-11-28-55(54)56-30-16-32-59-60(56)57-29-12-13-31-58(57)62(59)50-23-8-3-9-24-50/h1-42H. The van der Waals surface area contributed by atoms with Gasteiger partial charge in [0.25, 0.3) is 0 Å². The summed E-state index contributed by atoms with van der Waals surface area (Å²) in [6.07, 6.45) is 0. The maximum absolute atomic E-state index is 2.39. The molecule has 0 aliphatic rings. The first kappa shape index (κ1) is 36.8. The second-order valence-corrected chi connectivity index (χ2v) is 15.7. The van der Waals surface area contributed by atoms with Gasteiger partial charge in [-0.25, -0.2) is 0 Å². The lowest BCUT2D eigenvalue weighted by Crippen LogP contribution is -2.10. The van der Waals surface area contributed by atoms with Crippen LogP contribution in [0.1, 0.15) is 0 Å². The second kappa shape index (κ2) is 16.1. The predicted octanol–water partition coefficient (Wildman–Crippen LogP) is 16.6. The van der Waals surface area contributed by atoms with Gasteiger partial charge in [0.05, 0.1) is 11.0 Å². The first-order chi connectivity index (χ1) is 30.8. The molecule has 11 aromatic rings. The maximum Gasteiger partial charge on any atom is 0.0547 e. The summed E-state index contributed by atoms with van der Waals surface area (Å²) >= 11 is 0. The van der Waals surface area contributed by atoms with Gasteiger partial charge in [0, 0.05) is 33.5 Å². The van der Waals surface area contributed by atoms with Crippen LogP contribution in [0.2, 0.25) is 0 Å². The Kier molecular flexibility index (Phi) is 9.57. The molecule has 0 saturated carbocycles. The van der Waals surface area contributed by atoms with Gasteiger partial charge in [-0.3, -0.25) is 0 Å². The number of anilines is 3. The van der Waals surface area contributed by atoms with Crippen molar-refractivity contribution < 1.29 is 0 Å². The molecule has 0 unspecified atom stereocenters. The van der Waals surface area contributed by atoms with Crippen LogP contribution in [0.25, 0.3) is 83.1 Å². The van der Waals surface area contributed by atoms with E-state index >= 15 is 0 Å². The number of para-hydroxylation sites is 2. The highest BCUT2D eigenvalue weighted by molar-refractivity contribution is 6.16. The van der Waals surface area contributed by atoms with Gasteiger partial charge >= 0.3 is 0 Å². The molecule has 62 heavy (non-hydrogen) atoms. The van der Waals surface area contributed by atoms with Crippen LogP contribution >= 0.6 is 0 Å². The number of benzene rings is 10. The quantitative estimate of drug-likeness (QED) is 0.141. The minimum atomic E-state index is 1.08. The number of rotatable bonds is 9. The minimum Gasteiger partial charge on any atom is -0.310 e. The zero-order valence-electron chi connectivity index (χ0n) is 34.1. The van der Waals surface area contributed by atoms with Crippen molar-refractivity contribution >= 4 is 38.9 Å². The Bertz CT molecular complexity index is 3310. The molecule has 0 N–H and O–H groups in total. The molecule has 2 nitrogen and oxygen atoms in total. The third-order valence-corrected chi connectivity index (χ3v) is 12.0. The molecule has 1 aromatic heterocycles. The van der Waals surface area contributed by atoms with Crippen LogP contribution in [0.3, 0.4) is 0 Å². The average molecular weight is 791 g/mol. The van der Waals surface area contributed by atoms with Gasteiger partial charge in [0.2, 0.25) is 0 Å². The van der Waals surface area contributed by atoms with Gasteiger partial charge in [-0.15, -0.1) is 0 Å². The summed E-state index contributed by atoms with van der Waals surface area (Å²) in [6.45, 7) is 0. The molecular formula is C60H42N2. The molecule has 0 fully saturated rings. The Hall–Kier alpha value is -8.20. The molecule has 2 heteroatoms. The molecule has 292 valence electrons. The minimum absolute atomic E-state index is 1.08. The molecule has 0 saturated heterocycles. The van der Waals surface area contributed by atoms with Crippen molar-refractivity contribution in [1.82, 2.24) is 4.57 Å². The third-order valence-electron chi connectivity index (χ3n) is 12.0. The fourth-order valence-corrected chi connectivity index (χ4v) is 9.07. The normalized spacial score (nSPS) is 11.2. The number of nitrogens with zero attached hydrogens (tertiary/aromatic N) is 2. The summed E-state index contributed by atoms with van der Waals surface area (Å²) in [7, 11) is 0. The largest absolute Gasteiger partial charge is 0.310 e. The van der Waals surface area contributed by atoms with Crippen molar-refractivity contribution in [2.75, 3.05) is 4.90 Å². The van der Waals surface area contributed by atoms with Gasteiger partial charge in [0.1, 0.15) is 0 Å². The SMILES string of the molecule is c1ccc(-c2ccc(-c3ccc(N(c4cccc(-c5ccccc5)c4)c4cccc(-c5ccccc5-c5cccc6c5c5ccccc5n6-c5ccccc5)c4)cc3)cc2)cc1. The molecule has 10 aromatic carbocycles. The molecule has 0 amide bonds. The summed E-state index contributed by atoms with van der Waals surface area (Å²) in [5.74, 6) is 0. The number of hydrogen-bond donors (Lipinski definition) is 0. The molecule has 0 radical (unpaired) electrons. The molecule has 1 heterocycles. The van der Waals surface area contributed by atoms with Crippen molar-refractivity contribution in [2.45, 2.75) is 0 Å². The monoisotopic (exact) mass is 790 g/mol. The van der Waals surface area contributed by atoms with E-state index in [1.807, 2.05) is 0 Å². The van der Waals surface area contributed by atoms with Crippen LogP contribution in [0.15, 0.2) is 255 Å². The van der Waals surface area contributed by atoms with Gasteiger partial charge in [-0.1, -0.05) is 194 Å². The highest BCUT2D eigenvalue weighted by atomic mass is 15.1. The van der Waals surface area contributed by atoms with E-state index in [2.05, 4.69) is 264 Å². The highest BCUT2D eigenvalue weighted by Gasteiger charge is 2.20. The highest BCUT2D eigenvalue weighted by Crippen LogP contribution is 2.44. The van der Waals surface area contributed by atoms with Crippen LogP contribution in [0.4, 0.5) is 17.1 Å². The fourth-order valence-electron chi connectivity index (χ4n) is 9.07. The smallest absolute Gasteiger partial charge is 0.0547 e. The Morgan fingerprint density at radius 1 is 0.258 bits per heavy atom. The predicted molar refractivity (Wildman–Crippen MR) is 263 cm³/mol. The number of hydrogen-bond acceptors (Lipinski definition) is 1. The van der Waals surface area contributed by atoms with Gasteiger partial charge in [-0.05, 0) is 116 Å². The van der Waals surface area contributed by atoms with Crippen molar-refractivity contribution in [3.8, 4) is 61.3 Å². The van der Waals surface area contributed by atoms with Crippen molar-refractivity contribution in [2.24, 2.45) is 0 Å². The fraction of sp³-hybridized carbons (Fsp3) is 0. The van der Waals surface area contributed by atoms with Crippen molar-refractivity contribution in [3.05, 3.63) is 255 Å². The van der Waals surface area contributed by atoms with Gasteiger partial charge in [0.15, 0.2) is 0 Å². The van der Waals surface area contributed by atoms with Crippen molar-refractivity contribution in [1.29, 1.82) is 0 Å². The van der Waals surface area contributed by atoms with Crippen molar-refractivity contribution in [3.63, 3.8) is 0 Å². The average Bonchev–Trinajstić information content (AvgIpc) is 3.70. The Morgan fingerprint density at radius 2 is 0.694 bits per heavy atom. The lowest BCUT2D eigenvalue weighted by molar-refractivity contribution is 1.18. The summed E-state index contributed by atoms with van der Waals surface area (Å²) in [6, 6.07) is 92.0. The van der Waals surface area contributed by atoms with Crippen LogP contribution < -0.4 is 4.90 Å². The van der Waals surface area contributed by atoms with Crippen LogP contribution in [-0.4, -0.2) is 4.57 Å². The van der Waals surface area contributed by atoms with E-state index in [0.29, 0.717) is 0 Å². The molecule has 0 atom stereocenters. The van der Waals surface area contributed by atoms with Gasteiger partial charge < -0.3 is 9.47 Å². The van der Waals surface area contributed by atoms with E-state index in [4.69, 9.17) is 0 Å². The molecule has 0 aliphatic heterocycles. The molecular weight excluding hydrogens is 749 g/mol. The summed E-state index contributed by atoms with van der Waals surface area (Å²) in [4.78, 5) is 2.38. The molecule has 11 rings (SSSR count). The number of fused-ring (bicyclic) bond motifs is 3.